The summed E-state index contributed by atoms with van der Waals surface area (Å²) in [7, 11) is 2.99. The molecule has 2 saturated heterocycles. The summed E-state index contributed by atoms with van der Waals surface area (Å²) >= 11 is 0. The highest BCUT2D eigenvalue weighted by Gasteiger charge is 2.82. The predicted molar refractivity (Wildman–Crippen MR) is 121 cm³/mol. The molecule has 4 aliphatic heterocycles. The van der Waals surface area contributed by atoms with Crippen molar-refractivity contribution in [2.75, 3.05) is 14.2 Å². The maximum atomic E-state index is 12.6. The number of ether oxygens (including phenoxy) is 6. The van der Waals surface area contributed by atoms with Gasteiger partial charge in [0.2, 0.25) is 0 Å². The van der Waals surface area contributed by atoms with Crippen LogP contribution < -0.4 is 9.47 Å². The molecule has 1 aliphatic carbocycles. The smallest absolute Gasteiger partial charge is 0.342 e. The van der Waals surface area contributed by atoms with Crippen LogP contribution in [0.2, 0.25) is 0 Å². The van der Waals surface area contributed by atoms with Crippen LogP contribution in [0.15, 0.2) is 0 Å². The Morgan fingerprint density at radius 2 is 1.71 bits per heavy atom. The fourth-order valence-electron chi connectivity index (χ4n) is 8.32. The van der Waals surface area contributed by atoms with Gasteiger partial charge in [0.15, 0.2) is 0 Å². The molecule has 4 heterocycles. The number of carbonyl (C=O) groups is 1. The van der Waals surface area contributed by atoms with E-state index in [2.05, 4.69) is 0 Å². The second-order valence-electron chi connectivity index (χ2n) is 11.7. The van der Waals surface area contributed by atoms with Crippen molar-refractivity contribution in [3.63, 3.8) is 0 Å². The van der Waals surface area contributed by atoms with Gasteiger partial charge in [-0.2, -0.15) is 0 Å². The molecule has 0 amide bonds. The SMILES string of the molecule is COc1c2c(c(C)c3c1C(=O)OC3)O[C@]1(C)C[C@H](O)[C@]34O[C@](OC)(OC3(C)C)[C@H](O)C[C@]4(C)[C@@H]1C2. The predicted octanol–water partition coefficient (Wildman–Crippen LogP) is 2.38. The van der Waals surface area contributed by atoms with Gasteiger partial charge in [-0.25, -0.2) is 4.79 Å². The molecule has 1 aromatic rings. The zero-order valence-electron chi connectivity index (χ0n) is 21.3. The van der Waals surface area contributed by atoms with E-state index in [4.69, 9.17) is 28.4 Å². The number of aliphatic hydroxyl groups is 2. The van der Waals surface area contributed by atoms with Gasteiger partial charge in [0.05, 0.1) is 13.2 Å². The molecule has 1 saturated carbocycles. The number of fused-ring (bicyclic) bond motifs is 5. The summed E-state index contributed by atoms with van der Waals surface area (Å²) in [6.45, 7) is 9.91. The number of hydrogen-bond acceptors (Lipinski definition) is 9. The van der Waals surface area contributed by atoms with Gasteiger partial charge in [-0.15, -0.1) is 0 Å². The van der Waals surface area contributed by atoms with E-state index in [0.717, 1.165) is 16.7 Å². The summed E-state index contributed by atoms with van der Waals surface area (Å²) < 4.78 is 36.3. The van der Waals surface area contributed by atoms with Crippen LogP contribution in [0, 0.1) is 18.3 Å². The Hall–Kier alpha value is -1.91. The lowest BCUT2D eigenvalue weighted by Gasteiger charge is -2.66. The van der Waals surface area contributed by atoms with E-state index in [0.29, 0.717) is 29.9 Å². The minimum atomic E-state index is -1.65. The van der Waals surface area contributed by atoms with Crippen molar-refractivity contribution in [1.82, 2.24) is 0 Å². The van der Waals surface area contributed by atoms with Gasteiger partial charge < -0.3 is 38.6 Å². The lowest BCUT2D eigenvalue weighted by atomic mass is 9.45. The van der Waals surface area contributed by atoms with Crippen LogP contribution in [0.5, 0.6) is 11.5 Å². The molecule has 1 aromatic carbocycles. The molecule has 5 aliphatic rings. The number of aliphatic hydroxyl groups excluding tert-OH is 2. The summed E-state index contributed by atoms with van der Waals surface area (Å²) in [5.41, 5.74) is -0.813. The van der Waals surface area contributed by atoms with E-state index >= 15 is 0 Å². The van der Waals surface area contributed by atoms with Crippen LogP contribution in [0.3, 0.4) is 0 Å². The Morgan fingerprint density at radius 3 is 2.37 bits per heavy atom. The molecule has 0 radical (unpaired) electrons. The number of rotatable bonds is 2. The van der Waals surface area contributed by atoms with Crippen molar-refractivity contribution in [2.24, 2.45) is 11.3 Å². The maximum Gasteiger partial charge on any atom is 0.342 e. The Kier molecular flexibility index (Phi) is 4.49. The van der Waals surface area contributed by atoms with Crippen LogP contribution in [-0.4, -0.2) is 65.4 Å². The van der Waals surface area contributed by atoms with E-state index < -0.39 is 46.4 Å². The molecule has 3 fully saturated rings. The lowest BCUT2D eigenvalue weighted by molar-refractivity contribution is -0.423. The van der Waals surface area contributed by atoms with Crippen molar-refractivity contribution >= 4 is 5.97 Å². The molecule has 0 unspecified atom stereocenters. The van der Waals surface area contributed by atoms with Crippen molar-refractivity contribution in [2.45, 2.75) is 95.5 Å². The molecule has 2 bridgehead atoms. The van der Waals surface area contributed by atoms with Gasteiger partial charge in [-0.3, -0.25) is 0 Å². The van der Waals surface area contributed by atoms with Crippen LogP contribution in [-0.2, 0) is 32.0 Å². The third-order valence-corrected chi connectivity index (χ3v) is 9.70. The number of cyclic esters (lactones) is 1. The summed E-state index contributed by atoms with van der Waals surface area (Å²) in [5, 5.41) is 23.0. The zero-order valence-corrected chi connectivity index (χ0v) is 21.3. The number of carbonyl (C=O) groups excluding carboxylic acids is 1. The summed E-state index contributed by atoms with van der Waals surface area (Å²) in [4.78, 5) is 12.6. The highest BCUT2D eigenvalue weighted by atomic mass is 16.9. The van der Waals surface area contributed by atoms with Crippen LogP contribution in [0.4, 0.5) is 0 Å². The topological polar surface area (TPSA) is 113 Å². The molecule has 9 heteroatoms. The van der Waals surface area contributed by atoms with Gasteiger partial charge in [0.25, 0.3) is 0 Å². The van der Waals surface area contributed by atoms with Crippen LogP contribution in [0.1, 0.15) is 67.6 Å². The molecule has 7 atom stereocenters. The quantitative estimate of drug-likeness (QED) is 0.603. The van der Waals surface area contributed by atoms with Gasteiger partial charge in [-0.05, 0) is 46.1 Å². The largest absolute Gasteiger partial charge is 0.495 e. The van der Waals surface area contributed by atoms with Gasteiger partial charge in [0, 0.05) is 36.0 Å². The first-order chi connectivity index (χ1) is 16.3. The van der Waals surface area contributed by atoms with Crippen molar-refractivity contribution in [3.8, 4) is 11.5 Å². The molecule has 6 rings (SSSR count). The molecule has 2 N–H and O–H groups in total. The minimum Gasteiger partial charge on any atom is -0.495 e. The maximum absolute atomic E-state index is 12.6. The van der Waals surface area contributed by atoms with Crippen LogP contribution in [0.25, 0.3) is 0 Å². The summed E-state index contributed by atoms with van der Waals surface area (Å²) in [5.74, 6) is -1.11. The number of hydrogen-bond donors (Lipinski definition) is 2. The average Bonchev–Trinajstić information content (AvgIpc) is 3.27. The highest BCUT2D eigenvalue weighted by Crippen LogP contribution is 2.70. The van der Waals surface area contributed by atoms with Gasteiger partial charge in [0.1, 0.15) is 46.6 Å². The summed E-state index contributed by atoms with van der Waals surface area (Å²) in [6.07, 6.45) is -0.954. The molecular weight excluding hydrogens is 456 g/mol. The number of esters is 1. The van der Waals surface area contributed by atoms with Crippen molar-refractivity contribution < 1.29 is 43.4 Å². The molecule has 1 spiro atoms. The first-order valence-corrected chi connectivity index (χ1v) is 12.2. The zero-order chi connectivity index (χ0) is 25.3. The molecule has 9 nitrogen and oxygen atoms in total. The first kappa shape index (κ1) is 23.5. The standard InChI is InChI=1S/C26H34O9/c1-12-14-11-32-21(29)18(14)20(30-6)13-8-15-23(4)9-17(28)26(31-7)34-22(2,3)25(23,35-26)16(27)10-24(15,5)33-19(12)13/h15-17,27-28H,8-11H2,1-7H3/t15-,16-,17+,23+,24+,25-,26+/m0/s1. The highest BCUT2D eigenvalue weighted by molar-refractivity contribution is 5.98. The third-order valence-electron chi connectivity index (χ3n) is 9.70. The molecule has 0 aromatic heterocycles. The monoisotopic (exact) mass is 490 g/mol. The van der Waals surface area contributed by atoms with E-state index in [1.54, 1.807) is 7.11 Å². The Balaban J connectivity index is 1.57. The van der Waals surface area contributed by atoms with Crippen LogP contribution >= 0.6 is 0 Å². The first-order valence-electron chi connectivity index (χ1n) is 12.2. The van der Waals surface area contributed by atoms with Crippen molar-refractivity contribution in [1.29, 1.82) is 0 Å². The number of methoxy groups -OCH3 is 2. The van der Waals surface area contributed by atoms with E-state index in [1.807, 2.05) is 34.6 Å². The van der Waals surface area contributed by atoms with Gasteiger partial charge >= 0.3 is 11.9 Å². The Bertz CT molecular complexity index is 1150. The second kappa shape index (κ2) is 6.69. The fraction of sp³-hybridized carbons (Fsp3) is 0.731. The third kappa shape index (κ3) is 2.44. The molecule has 35 heavy (non-hydrogen) atoms. The van der Waals surface area contributed by atoms with E-state index in [-0.39, 0.29) is 18.9 Å². The van der Waals surface area contributed by atoms with Gasteiger partial charge in [-0.1, -0.05) is 6.92 Å². The van der Waals surface area contributed by atoms with E-state index in [9.17, 15) is 15.0 Å². The fourth-order valence-corrected chi connectivity index (χ4v) is 8.32. The molecule has 192 valence electrons. The minimum absolute atomic E-state index is 0.182. The lowest BCUT2D eigenvalue weighted by Crippen LogP contribution is -2.78. The normalized spacial score (nSPS) is 44.5. The molecular formula is C26H34O9. The average molecular weight is 491 g/mol. The Labute approximate surface area is 204 Å². The number of benzene rings is 1. The second-order valence-corrected chi connectivity index (χ2v) is 11.7. The Morgan fingerprint density at radius 1 is 1.00 bits per heavy atom. The summed E-state index contributed by atoms with van der Waals surface area (Å²) in [6, 6.07) is 0. The van der Waals surface area contributed by atoms with Crippen molar-refractivity contribution in [3.05, 3.63) is 22.3 Å². The van der Waals surface area contributed by atoms with E-state index in [1.165, 1.54) is 7.11 Å².